The molecule has 1 aromatic rings. The van der Waals surface area contributed by atoms with Gasteiger partial charge in [-0.05, 0) is 49.1 Å². The molecule has 20 heavy (non-hydrogen) atoms. The molecule has 1 aromatic carbocycles. The second-order valence-corrected chi connectivity index (χ2v) is 5.69. The number of hydrogen-bond donors (Lipinski definition) is 1. The Morgan fingerprint density at radius 1 is 1.40 bits per heavy atom. The topological polar surface area (TPSA) is 63.4 Å². The molecule has 1 N–H and O–H groups in total. The molecule has 1 aliphatic carbocycles. The van der Waals surface area contributed by atoms with Crippen LogP contribution in [0.15, 0.2) is 18.2 Å². The first-order valence-electron chi connectivity index (χ1n) is 7.11. The van der Waals surface area contributed by atoms with Gasteiger partial charge in [0.15, 0.2) is 0 Å². The summed E-state index contributed by atoms with van der Waals surface area (Å²) in [5.41, 5.74) is 0.370. The maximum absolute atomic E-state index is 13.4. The van der Waals surface area contributed by atoms with Crippen molar-refractivity contribution in [3.63, 3.8) is 0 Å². The minimum atomic E-state index is -0.591. The molecule has 2 rings (SSSR count). The SMILES string of the molecule is CCC1CCC(O)C(Cc2cc(F)cc([N+](=O)[O-])c2)C1. The molecule has 0 aromatic heterocycles. The van der Waals surface area contributed by atoms with E-state index in [1.165, 1.54) is 12.1 Å². The van der Waals surface area contributed by atoms with Crippen LogP contribution < -0.4 is 0 Å². The van der Waals surface area contributed by atoms with E-state index >= 15 is 0 Å². The molecular formula is C15H20FNO3. The van der Waals surface area contributed by atoms with Gasteiger partial charge in [0.2, 0.25) is 0 Å². The largest absolute Gasteiger partial charge is 0.393 e. The van der Waals surface area contributed by atoms with Gasteiger partial charge in [-0.15, -0.1) is 0 Å². The quantitative estimate of drug-likeness (QED) is 0.679. The molecule has 0 spiro atoms. The highest BCUT2D eigenvalue weighted by Gasteiger charge is 2.28. The Bertz CT molecular complexity index is 492. The van der Waals surface area contributed by atoms with E-state index in [9.17, 15) is 19.6 Å². The van der Waals surface area contributed by atoms with Crippen molar-refractivity contribution in [1.29, 1.82) is 0 Å². The second-order valence-electron chi connectivity index (χ2n) is 5.69. The first-order chi connectivity index (χ1) is 9.49. The molecule has 0 aliphatic heterocycles. The van der Waals surface area contributed by atoms with E-state index in [0.29, 0.717) is 17.9 Å². The summed E-state index contributed by atoms with van der Waals surface area (Å²) in [6.45, 7) is 2.13. The lowest BCUT2D eigenvalue weighted by atomic mass is 9.76. The predicted molar refractivity (Wildman–Crippen MR) is 73.9 cm³/mol. The van der Waals surface area contributed by atoms with E-state index in [2.05, 4.69) is 6.92 Å². The van der Waals surface area contributed by atoms with Crippen LogP contribution in [0.4, 0.5) is 10.1 Å². The Hall–Kier alpha value is -1.49. The van der Waals surface area contributed by atoms with Crippen LogP contribution in [-0.4, -0.2) is 16.1 Å². The summed E-state index contributed by atoms with van der Waals surface area (Å²) in [6.07, 6.45) is 3.88. The normalized spacial score (nSPS) is 26.4. The highest BCUT2D eigenvalue weighted by molar-refractivity contribution is 5.35. The van der Waals surface area contributed by atoms with Gasteiger partial charge in [-0.1, -0.05) is 13.3 Å². The average molecular weight is 281 g/mol. The molecule has 0 saturated heterocycles. The van der Waals surface area contributed by atoms with E-state index in [-0.39, 0.29) is 17.7 Å². The summed E-state index contributed by atoms with van der Waals surface area (Å²) in [5, 5.41) is 20.8. The Morgan fingerprint density at radius 3 is 2.80 bits per heavy atom. The summed E-state index contributed by atoms with van der Waals surface area (Å²) >= 11 is 0. The van der Waals surface area contributed by atoms with Gasteiger partial charge in [-0.25, -0.2) is 4.39 Å². The van der Waals surface area contributed by atoms with E-state index in [1.807, 2.05) is 0 Å². The maximum Gasteiger partial charge on any atom is 0.272 e. The number of aliphatic hydroxyl groups excluding tert-OH is 1. The van der Waals surface area contributed by atoms with Gasteiger partial charge < -0.3 is 5.11 Å². The number of nitrogens with zero attached hydrogens (tertiary/aromatic N) is 1. The minimum Gasteiger partial charge on any atom is -0.393 e. The third-order valence-corrected chi connectivity index (χ3v) is 4.28. The lowest BCUT2D eigenvalue weighted by Gasteiger charge is -2.33. The van der Waals surface area contributed by atoms with E-state index in [0.717, 1.165) is 31.7 Å². The zero-order chi connectivity index (χ0) is 14.7. The highest BCUT2D eigenvalue weighted by atomic mass is 19.1. The molecule has 0 amide bonds. The molecule has 3 atom stereocenters. The molecule has 1 aliphatic rings. The summed E-state index contributed by atoms with van der Waals surface area (Å²) < 4.78 is 13.4. The van der Waals surface area contributed by atoms with Crippen molar-refractivity contribution in [2.75, 3.05) is 0 Å². The number of non-ortho nitro benzene ring substituents is 1. The molecule has 0 radical (unpaired) electrons. The first kappa shape index (κ1) is 14.9. The standard InChI is InChI=1S/C15H20FNO3/c1-2-10-3-4-15(18)12(5-10)6-11-7-13(16)9-14(8-11)17(19)20/h7-10,12,15,18H,2-6H2,1H3. The fourth-order valence-electron chi connectivity index (χ4n) is 3.09. The predicted octanol–water partition coefficient (Wildman–Crippen LogP) is 3.46. The molecule has 1 saturated carbocycles. The van der Waals surface area contributed by atoms with Gasteiger partial charge in [0.1, 0.15) is 5.82 Å². The Kier molecular flexibility index (Phi) is 4.70. The van der Waals surface area contributed by atoms with Crippen LogP contribution in [0, 0.1) is 27.8 Å². The van der Waals surface area contributed by atoms with Crippen molar-refractivity contribution in [3.8, 4) is 0 Å². The van der Waals surface area contributed by atoms with Gasteiger partial charge in [0.05, 0.1) is 17.1 Å². The molecule has 3 unspecified atom stereocenters. The summed E-state index contributed by atoms with van der Waals surface area (Å²) in [7, 11) is 0. The number of hydrogen-bond acceptors (Lipinski definition) is 3. The average Bonchev–Trinajstić information content (AvgIpc) is 2.40. The zero-order valence-electron chi connectivity index (χ0n) is 11.6. The Balaban J connectivity index is 2.14. The van der Waals surface area contributed by atoms with Crippen molar-refractivity contribution in [2.45, 2.75) is 45.1 Å². The fourth-order valence-corrected chi connectivity index (χ4v) is 3.09. The van der Waals surface area contributed by atoms with Crippen molar-refractivity contribution in [1.82, 2.24) is 0 Å². The van der Waals surface area contributed by atoms with Gasteiger partial charge >= 0.3 is 0 Å². The molecule has 5 heteroatoms. The maximum atomic E-state index is 13.4. The van der Waals surface area contributed by atoms with Crippen LogP contribution in [0.25, 0.3) is 0 Å². The van der Waals surface area contributed by atoms with Gasteiger partial charge in [0.25, 0.3) is 5.69 Å². The fraction of sp³-hybridized carbons (Fsp3) is 0.600. The van der Waals surface area contributed by atoms with Crippen LogP contribution >= 0.6 is 0 Å². The Morgan fingerprint density at radius 2 is 2.15 bits per heavy atom. The molecular weight excluding hydrogens is 261 g/mol. The second kappa shape index (κ2) is 6.31. The van der Waals surface area contributed by atoms with Crippen molar-refractivity contribution in [2.24, 2.45) is 11.8 Å². The van der Waals surface area contributed by atoms with E-state index < -0.39 is 10.7 Å². The smallest absolute Gasteiger partial charge is 0.272 e. The number of aliphatic hydroxyl groups is 1. The number of nitro groups is 1. The number of benzene rings is 1. The van der Waals surface area contributed by atoms with E-state index in [4.69, 9.17) is 0 Å². The third kappa shape index (κ3) is 3.54. The van der Waals surface area contributed by atoms with Crippen molar-refractivity contribution >= 4 is 5.69 Å². The minimum absolute atomic E-state index is 0.0649. The number of halogens is 1. The molecule has 110 valence electrons. The molecule has 0 bridgehead atoms. The van der Waals surface area contributed by atoms with Crippen LogP contribution in [0.1, 0.15) is 38.2 Å². The van der Waals surface area contributed by atoms with Crippen molar-refractivity contribution in [3.05, 3.63) is 39.7 Å². The molecule has 0 heterocycles. The number of rotatable bonds is 4. The lowest BCUT2D eigenvalue weighted by molar-refractivity contribution is -0.385. The first-order valence-corrected chi connectivity index (χ1v) is 7.11. The summed E-state index contributed by atoms with van der Waals surface area (Å²) in [6, 6.07) is 3.66. The van der Waals surface area contributed by atoms with E-state index in [1.54, 1.807) is 0 Å². The lowest BCUT2D eigenvalue weighted by Crippen LogP contribution is -2.30. The highest BCUT2D eigenvalue weighted by Crippen LogP contribution is 2.34. The van der Waals surface area contributed by atoms with Crippen LogP contribution in [0.5, 0.6) is 0 Å². The van der Waals surface area contributed by atoms with Gasteiger partial charge in [-0.3, -0.25) is 10.1 Å². The van der Waals surface area contributed by atoms with Crippen LogP contribution in [0.3, 0.4) is 0 Å². The molecule has 4 nitrogen and oxygen atoms in total. The Labute approximate surface area is 117 Å². The molecule has 1 fully saturated rings. The summed E-state index contributed by atoms with van der Waals surface area (Å²) in [5.74, 6) is 0.0635. The van der Waals surface area contributed by atoms with Crippen LogP contribution in [-0.2, 0) is 6.42 Å². The van der Waals surface area contributed by atoms with Crippen molar-refractivity contribution < 1.29 is 14.4 Å². The van der Waals surface area contributed by atoms with Gasteiger partial charge in [0, 0.05) is 6.07 Å². The number of nitro benzene ring substituents is 1. The summed E-state index contributed by atoms with van der Waals surface area (Å²) in [4.78, 5) is 10.2. The monoisotopic (exact) mass is 281 g/mol. The van der Waals surface area contributed by atoms with Gasteiger partial charge in [-0.2, -0.15) is 0 Å². The zero-order valence-corrected chi connectivity index (χ0v) is 11.6. The third-order valence-electron chi connectivity index (χ3n) is 4.28. The van der Waals surface area contributed by atoms with Crippen LogP contribution in [0.2, 0.25) is 0 Å².